The van der Waals surface area contributed by atoms with Crippen molar-refractivity contribution in [1.82, 2.24) is 0 Å². The van der Waals surface area contributed by atoms with Gasteiger partial charge in [0.2, 0.25) is 0 Å². The maximum absolute atomic E-state index is 12.7. The normalized spacial score (nSPS) is 19.5. The molecule has 0 heterocycles. The van der Waals surface area contributed by atoms with E-state index in [0.29, 0.717) is 19.3 Å². The molecule has 2 rings (SSSR count). The molecule has 1 saturated carbocycles. The van der Waals surface area contributed by atoms with Gasteiger partial charge in [-0.15, -0.1) is 5.73 Å². The molecule has 0 saturated heterocycles. The third-order valence-electron chi connectivity index (χ3n) is 5.17. The van der Waals surface area contributed by atoms with Crippen molar-refractivity contribution in [2.75, 3.05) is 13.7 Å². The molecule has 5 nitrogen and oxygen atoms in total. The van der Waals surface area contributed by atoms with E-state index in [1.807, 2.05) is 12.2 Å². The lowest BCUT2D eigenvalue weighted by molar-refractivity contribution is -0.150. The fourth-order valence-electron chi connectivity index (χ4n) is 3.44. The second-order valence-electron chi connectivity index (χ2n) is 7.45. The Morgan fingerprint density at radius 2 is 2.12 bits per heavy atom. The number of benzene rings is 1. The molecule has 32 heavy (non-hydrogen) atoms. The van der Waals surface area contributed by atoms with Crippen LogP contribution in [0.15, 0.2) is 54.3 Å². The number of Topliss-reactive ketones (excluding diaryl/α,β-unsaturated/α-hetero) is 1. The van der Waals surface area contributed by atoms with Crippen LogP contribution in [0.25, 0.3) is 0 Å². The van der Waals surface area contributed by atoms with Crippen LogP contribution in [0.2, 0.25) is 0 Å². The van der Waals surface area contributed by atoms with Crippen LogP contribution >= 0.6 is 0 Å². The van der Waals surface area contributed by atoms with E-state index in [0.717, 1.165) is 18.6 Å². The van der Waals surface area contributed by atoms with Crippen LogP contribution in [0.5, 0.6) is 5.75 Å². The topological polar surface area (TPSA) is 72.8 Å². The average Bonchev–Trinajstić information content (AvgIpc) is 3.11. The van der Waals surface area contributed by atoms with E-state index < -0.39 is 23.8 Å². The zero-order valence-corrected chi connectivity index (χ0v) is 17.8. The van der Waals surface area contributed by atoms with Crippen LogP contribution in [0.4, 0.5) is 13.2 Å². The van der Waals surface area contributed by atoms with Crippen LogP contribution in [0.3, 0.4) is 0 Å². The lowest BCUT2D eigenvalue weighted by Gasteiger charge is -2.12. The number of hydrogen-bond acceptors (Lipinski definition) is 5. The van der Waals surface area contributed by atoms with Crippen molar-refractivity contribution in [3.8, 4) is 5.75 Å². The molecule has 1 aromatic carbocycles. The summed E-state index contributed by atoms with van der Waals surface area (Å²) < 4.78 is 48.0. The number of halogens is 3. The minimum absolute atomic E-state index is 0.0785. The predicted octanol–water partition coefficient (Wildman–Crippen LogP) is 4.65. The van der Waals surface area contributed by atoms with Gasteiger partial charge in [0.15, 0.2) is 6.10 Å². The molecule has 1 aliphatic rings. The number of carbonyl (C=O) groups excluding carboxylic acids is 2. The Balaban J connectivity index is 1.79. The number of carbonyl (C=O) groups is 2. The van der Waals surface area contributed by atoms with E-state index in [9.17, 15) is 27.9 Å². The number of hydrogen-bond donors (Lipinski definition) is 1. The standard InChI is InChI=1S/C24H27F3O5/c1-31-23(30)22(29)12-4-2-3-11-20-17(13-14-21(20)28)8-5-6-15-32-19-10-7-9-18(16-19)24(25,26)27/h3-5,7-10,16-17,20,22,29H,6,11-15H2,1H3/b8-5+/t2?,17-,20+,22?/m0/s1. The molecule has 0 radical (unpaired) electrons. The first-order valence-corrected chi connectivity index (χ1v) is 10.4. The van der Waals surface area contributed by atoms with Crippen LogP contribution in [-0.2, 0) is 20.5 Å². The summed E-state index contributed by atoms with van der Waals surface area (Å²) in [5.41, 5.74) is 2.13. The molecular formula is C24H27F3O5. The summed E-state index contributed by atoms with van der Waals surface area (Å²) in [6.07, 6.45) is 3.78. The van der Waals surface area contributed by atoms with Gasteiger partial charge >= 0.3 is 12.1 Å². The SMILES string of the molecule is COC(=O)C(O)CC=C=CC[C@H]1C(=O)CC[C@@H]1/C=C/CCOc1cccc(C(F)(F)F)c1. The van der Waals surface area contributed by atoms with E-state index in [1.165, 1.54) is 25.3 Å². The molecular weight excluding hydrogens is 425 g/mol. The molecule has 1 N–H and O–H groups in total. The second kappa shape index (κ2) is 12.3. The Kier molecular flexibility index (Phi) is 9.75. The van der Waals surface area contributed by atoms with E-state index >= 15 is 0 Å². The number of allylic oxidation sites excluding steroid dienone is 1. The molecule has 1 aliphatic carbocycles. The third kappa shape index (κ3) is 8.02. The van der Waals surface area contributed by atoms with Crippen molar-refractivity contribution in [3.63, 3.8) is 0 Å². The van der Waals surface area contributed by atoms with Gasteiger partial charge in [-0.05, 0) is 55.5 Å². The Hall–Kier alpha value is -2.83. The van der Waals surface area contributed by atoms with Gasteiger partial charge in [-0.2, -0.15) is 13.2 Å². The number of alkyl halides is 3. The van der Waals surface area contributed by atoms with E-state index in [1.54, 1.807) is 6.08 Å². The molecule has 1 unspecified atom stereocenters. The van der Waals surface area contributed by atoms with Gasteiger partial charge in [0, 0.05) is 18.8 Å². The summed E-state index contributed by atoms with van der Waals surface area (Å²) in [7, 11) is 1.20. The maximum Gasteiger partial charge on any atom is 0.416 e. The van der Waals surface area contributed by atoms with Gasteiger partial charge in [0.25, 0.3) is 0 Å². The second-order valence-corrected chi connectivity index (χ2v) is 7.45. The van der Waals surface area contributed by atoms with Crippen LogP contribution in [-0.4, -0.2) is 36.7 Å². The van der Waals surface area contributed by atoms with Gasteiger partial charge < -0.3 is 14.6 Å². The van der Waals surface area contributed by atoms with Crippen LogP contribution in [0, 0.1) is 11.8 Å². The van der Waals surface area contributed by atoms with Gasteiger partial charge in [-0.3, -0.25) is 4.79 Å². The number of ketones is 1. The highest BCUT2D eigenvalue weighted by Crippen LogP contribution is 2.33. The van der Waals surface area contributed by atoms with Crippen LogP contribution in [0.1, 0.15) is 37.7 Å². The van der Waals surface area contributed by atoms with E-state index in [2.05, 4.69) is 10.5 Å². The fourth-order valence-corrected chi connectivity index (χ4v) is 3.44. The van der Waals surface area contributed by atoms with Crippen molar-refractivity contribution in [2.45, 2.75) is 44.4 Å². The Labute approximate surface area is 185 Å². The fraction of sp³-hybridized carbons (Fsp3) is 0.458. The van der Waals surface area contributed by atoms with Crippen LogP contribution < -0.4 is 4.74 Å². The lowest BCUT2D eigenvalue weighted by atomic mass is 9.91. The number of esters is 1. The molecule has 174 valence electrons. The maximum atomic E-state index is 12.7. The molecule has 1 aromatic rings. The Bertz CT molecular complexity index is 869. The van der Waals surface area contributed by atoms with Crippen molar-refractivity contribution in [3.05, 3.63) is 59.9 Å². The van der Waals surface area contributed by atoms with E-state index in [-0.39, 0.29) is 36.4 Å². The first kappa shape index (κ1) is 25.4. The van der Waals surface area contributed by atoms with Crippen molar-refractivity contribution >= 4 is 11.8 Å². The largest absolute Gasteiger partial charge is 0.493 e. The number of ether oxygens (including phenoxy) is 2. The third-order valence-corrected chi connectivity index (χ3v) is 5.17. The van der Waals surface area contributed by atoms with Crippen molar-refractivity contribution in [1.29, 1.82) is 0 Å². The number of aliphatic hydroxyl groups is 1. The van der Waals surface area contributed by atoms with Gasteiger partial charge in [0.1, 0.15) is 11.5 Å². The minimum Gasteiger partial charge on any atom is -0.493 e. The zero-order valence-electron chi connectivity index (χ0n) is 17.8. The minimum atomic E-state index is -4.41. The Morgan fingerprint density at radius 3 is 2.84 bits per heavy atom. The smallest absolute Gasteiger partial charge is 0.416 e. The highest BCUT2D eigenvalue weighted by atomic mass is 19.4. The van der Waals surface area contributed by atoms with Gasteiger partial charge in [0.05, 0.1) is 19.3 Å². The summed E-state index contributed by atoms with van der Waals surface area (Å²) >= 11 is 0. The van der Waals surface area contributed by atoms with E-state index in [4.69, 9.17) is 4.74 Å². The lowest BCUT2D eigenvalue weighted by Crippen LogP contribution is -2.20. The Morgan fingerprint density at radius 1 is 1.34 bits per heavy atom. The molecule has 0 spiro atoms. The monoisotopic (exact) mass is 452 g/mol. The summed E-state index contributed by atoms with van der Waals surface area (Å²) in [4.78, 5) is 23.3. The molecule has 0 amide bonds. The number of rotatable bonds is 10. The first-order valence-electron chi connectivity index (χ1n) is 10.4. The summed E-state index contributed by atoms with van der Waals surface area (Å²) in [5.74, 6) is -0.461. The van der Waals surface area contributed by atoms with Crippen molar-refractivity contribution < 1.29 is 37.3 Å². The molecule has 0 aliphatic heterocycles. The summed E-state index contributed by atoms with van der Waals surface area (Å²) in [5, 5.41) is 9.49. The zero-order chi connectivity index (χ0) is 23.6. The highest BCUT2D eigenvalue weighted by Gasteiger charge is 2.32. The summed E-state index contributed by atoms with van der Waals surface area (Å²) in [6, 6.07) is 4.75. The first-order chi connectivity index (χ1) is 15.2. The molecule has 0 bridgehead atoms. The summed E-state index contributed by atoms with van der Waals surface area (Å²) in [6.45, 7) is 0.230. The molecule has 0 aromatic heterocycles. The quantitative estimate of drug-likeness (QED) is 0.242. The predicted molar refractivity (Wildman–Crippen MR) is 112 cm³/mol. The van der Waals surface area contributed by atoms with Gasteiger partial charge in [-0.25, -0.2) is 4.79 Å². The van der Waals surface area contributed by atoms with Crippen molar-refractivity contribution in [2.24, 2.45) is 11.8 Å². The molecule has 3 atom stereocenters. The number of aliphatic hydroxyl groups excluding tert-OH is 1. The molecule has 1 fully saturated rings. The highest BCUT2D eigenvalue weighted by molar-refractivity contribution is 5.83. The molecule has 8 heteroatoms. The number of methoxy groups -OCH3 is 1. The average molecular weight is 452 g/mol. The van der Waals surface area contributed by atoms with Gasteiger partial charge in [-0.1, -0.05) is 18.2 Å².